The van der Waals surface area contributed by atoms with E-state index in [1.807, 2.05) is 29.7 Å². The molecular formula is C22H33BrN4O. The highest BCUT2D eigenvalue weighted by Crippen LogP contribution is 2.29. The molecule has 2 aromatic rings. The van der Waals surface area contributed by atoms with Crippen molar-refractivity contribution in [1.29, 1.82) is 0 Å². The molecule has 0 unspecified atom stereocenters. The fourth-order valence-corrected chi connectivity index (χ4v) is 4.93. The van der Waals surface area contributed by atoms with E-state index >= 15 is 0 Å². The average Bonchev–Trinajstić information content (AvgIpc) is 2.87. The summed E-state index contributed by atoms with van der Waals surface area (Å²) in [6.45, 7) is 11.5. The third-order valence-electron chi connectivity index (χ3n) is 5.99. The highest BCUT2D eigenvalue weighted by Gasteiger charge is 2.29. The van der Waals surface area contributed by atoms with E-state index < -0.39 is 0 Å². The maximum absolute atomic E-state index is 13.3. The zero-order chi connectivity index (χ0) is 20.3. The Morgan fingerprint density at radius 3 is 2.68 bits per heavy atom. The van der Waals surface area contributed by atoms with Gasteiger partial charge in [0.25, 0.3) is 5.56 Å². The minimum Gasteiger partial charge on any atom is -0.305 e. The molecule has 1 aliphatic heterocycles. The van der Waals surface area contributed by atoms with Crippen molar-refractivity contribution in [2.24, 2.45) is 5.92 Å². The largest absolute Gasteiger partial charge is 0.305 e. The summed E-state index contributed by atoms with van der Waals surface area (Å²) in [7, 11) is 2.22. The molecule has 3 rings (SSSR count). The van der Waals surface area contributed by atoms with E-state index in [1.165, 1.54) is 6.42 Å². The number of rotatable bonds is 6. The molecule has 1 fully saturated rings. The molecule has 0 amide bonds. The number of likely N-dealkylation sites (N-methyl/N-ethyl adjacent to an activating group) is 1. The normalized spacial score (nSPS) is 20.4. The minimum atomic E-state index is 0.0649. The first-order valence-electron chi connectivity index (χ1n) is 10.6. The van der Waals surface area contributed by atoms with Crippen LogP contribution in [-0.2, 0) is 6.54 Å². The number of hydrogen-bond donors (Lipinski definition) is 0. The van der Waals surface area contributed by atoms with Crippen LogP contribution in [0.1, 0.15) is 51.9 Å². The molecule has 0 saturated carbocycles. The molecule has 154 valence electrons. The molecule has 1 aromatic heterocycles. The third kappa shape index (κ3) is 4.34. The van der Waals surface area contributed by atoms with Crippen LogP contribution in [0.2, 0.25) is 0 Å². The van der Waals surface area contributed by atoms with E-state index in [2.05, 4.69) is 46.6 Å². The topological polar surface area (TPSA) is 41.4 Å². The van der Waals surface area contributed by atoms with Crippen molar-refractivity contribution in [3.63, 3.8) is 0 Å². The van der Waals surface area contributed by atoms with Crippen LogP contribution in [0.15, 0.2) is 27.5 Å². The smallest absolute Gasteiger partial charge is 0.262 e. The molecule has 0 bridgehead atoms. The van der Waals surface area contributed by atoms with Gasteiger partial charge in [0.2, 0.25) is 0 Å². The summed E-state index contributed by atoms with van der Waals surface area (Å²) >= 11 is 3.54. The minimum absolute atomic E-state index is 0.0649. The quantitative estimate of drug-likeness (QED) is 0.660. The van der Waals surface area contributed by atoms with Crippen LogP contribution in [0.4, 0.5) is 0 Å². The van der Waals surface area contributed by atoms with Crippen LogP contribution in [-0.4, -0.2) is 52.6 Å². The van der Waals surface area contributed by atoms with Crippen LogP contribution < -0.4 is 5.56 Å². The van der Waals surface area contributed by atoms with E-state index in [4.69, 9.17) is 4.98 Å². The summed E-state index contributed by atoms with van der Waals surface area (Å²) in [6, 6.07) is 6.02. The molecule has 1 aromatic carbocycles. The van der Waals surface area contributed by atoms with Crippen LogP contribution in [0, 0.1) is 5.92 Å². The summed E-state index contributed by atoms with van der Waals surface area (Å²) < 4.78 is 2.72. The second kappa shape index (κ2) is 9.51. The second-order valence-corrected chi connectivity index (χ2v) is 8.84. The lowest BCUT2D eigenvalue weighted by Crippen LogP contribution is -2.38. The van der Waals surface area contributed by atoms with Crippen LogP contribution >= 0.6 is 15.9 Å². The molecule has 1 aliphatic rings. The molecular weight excluding hydrogens is 416 g/mol. The monoisotopic (exact) mass is 448 g/mol. The summed E-state index contributed by atoms with van der Waals surface area (Å²) in [6.07, 6.45) is 3.27. The van der Waals surface area contributed by atoms with E-state index in [9.17, 15) is 4.79 Å². The molecule has 1 saturated heterocycles. The Balaban J connectivity index is 2.11. The van der Waals surface area contributed by atoms with Crippen molar-refractivity contribution < 1.29 is 0 Å². The molecule has 6 heteroatoms. The number of aromatic nitrogens is 2. The van der Waals surface area contributed by atoms with E-state index in [-0.39, 0.29) is 11.6 Å². The van der Waals surface area contributed by atoms with Crippen LogP contribution in [0.25, 0.3) is 10.9 Å². The van der Waals surface area contributed by atoms with E-state index in [0.29, 0.717) is 17.8 Å². The first-order valence-corrected chi connectivity index (χ1v) is 11.4. The number of benzene rings is 1. The van der Waals surface area contributed by atoms with Gasteiger partial charge in [-0.2, -0.15) is 0 Å². The lowest BCUT2D eigenvalue weighted by molar-refractivity contribution is 0.163. The first kappa shape index (κ1) is 21.5. The standard InChI is InChI=1S/C22H33BrN4O/c1-5-9-19(26-13-12-25(4)14-16(6-2)15-26)21-24-18-11-8-10-17(23)20(18)22(28)27(21)7-3/h8,10-11,16,19H,5-7,9,12-15H2,1-4H3/t16-,19-/m0/s1. The van der Waals surface area contributed by atoms with Crippen molar-refractivity contribution in [3.8, 4) is 0 Å². The zero-order valence-electron chi connectivity index (χ0n) is 17.6. The Morgan fingerprint density at radius 1 is 1.21 bits per heavy atom. The number of hydrogen-bond acceptors (Lipinski definition) is 4. The maximum atomic E-state index is 13.3. The third-order valence-corrected chi connectivity index (χ3v) is 6.65. The Labute approximate surface area is 176 Å². The van der Waals surface area contributed by atoms with E-state index in [1.54, 1.807) is 0 Å². The molecule has 2 heterocycles. The summed E-state index contributed by atoms with van der Waals surface area (Å²) in [5.41, 5.74) is 0.856. The lowest BCUT2D eigenvalue weighted by Gasteiger charge is -2.33. The molecule has 0 N–H and O–H groups in total. The van der Waals surface area contributed by atoms with Crippen molar-refractivity contribution in [2.75, 3.05) is 33.2 Å². The van der Waals surface area contributed by atoms with Crippen LogP contribution in [0.3, 0.4) is 0 Å². The predicted octanol–water partition coefficient (Wildman–Crippen LogP) is 4.29. The molecule has 2 atom stereocenters. The maximum Gasteiger partial charge on any atom is 0.262 e. The Morgan fingerprint density at radius 2 is 2.00 bits per heavy atom. The van der Waals surface area contributed by atoms with Gasteiger partial charge in [-0.3, -0.25) is 14.3 Å². The van der Waals surface area contributed by atoms with Gasteiger partial charge < -0.3 is 4.90 Å². The van der Waals surface area contributed by atoms with Crippen molar-refractivity contribution in [1.82, 2.24) is 19.4 Å². The van der Waals surface area contributed by atoms with Gasteiger partial charge in [-0.15, -0.1) is 0 Å². The Bertz CT molecular complexity index is 865. The first-order chi connectivity index (χ1) is 13.5. The predicted molar refractivity (Wildman–Crippen MR) is 120 cm³/mol. The summed E-state index contributed by atoms with van der Waals surface area (Å²) in [5, 5.41) is 0.686. The fraction of sp³-hybridized carbons (Fsp3) is 0.636. The van der Waals surface area contributed by atoms with Gasteiger partial charge in [0.1, 0.15) is 5.82 Å². The lowest BCUT2D eigenvalue weighted by atomic mass is 10.0. The SMILES string of the molecule is CCC[C@@H](c1nc2cccc(Br)c2c(=O)n1CC)N1CCN(C)C[C@H](CC)C1. The molecule has 0 aliphatic carbocycles. The van der Waals surface area contributed by atoms with Crippen molar-refractivity contribution in [2.45, 2.75) is 52.6 Å². The molecule has 28 heavy (non-hydrogen) atoms. The molecule has 0 spiro atoms. The van der Waals surface area contributed by atoms with Gasteiger partial charge in [0, 0.05) is 37.2 Å². The van der Waals surface area contributed by atoms with Crippen molar-refractivity contribution >= 4 is 26.8 Å². The van der Waals surface area contributed by atoms with Crippen LogP contribution in [0.5, 0.6) is 0 Å². The highest BCUT2D eigenvalue weighted by atomic mass is 79.9. The number of halogens is 1. The Hall–Kier alpha value is -1.24. The van der Waals surface area contributed by atoms with Crippen molar-refractivity contribution in [3.05, 3.63) is 38.9 Å². The van der Waals surface area contributed by atoms with Gasteiger partial charge in [0.15, 0.2) is 0 Å². The van der Waals surface area contributed by atoms with Gasteiger partial charge >= 0.3 is 0 Å². The Kier molecular flexibility index (Phi) is 7.29. The second-order valence-electron chi connectivity index (χ2n) is 7.99. The highest BCUT2D eigenvalue weighted by molar-refractivity contribution is 9.10. The molecule has 0 radical (unpaired) electrons. The summed E-state index contributed by atoms with van der Waals surface area (Å²) in [5.74, 6) is 1.59. The molecule has 5 nitrogen and oxygen atoms in total. The van der Waals surface area contributed by atoms with Gasteiger partial charge in [-0.25, -0.2) is 4.98 Å². The number of nitrogens with zero attached hydrogens (tertiary/aromatic N) is 4. The summed E-state index contributed by atoms with van der Waals surface area (Å²) in [4.78, 5) is 23.4. The van der Waals surface area contributed by atoms with Gasteiger partial charge in [-0.05, 0) is 54.4 Å². The van der Waals surface area contributed by atoms with E-state index in [0.717, 1.165) is 54.8 Å². The average molecular weight is 449 g/mol. The van der Waals surface area contributed by atoms with Gasteiger partial charge in [-0.1, -0.05) is 32.8 Å². The van der Waals surface area contributed by atoms with Gasteiger partial charge in [0.05, 0.1) is 16.9 Å². The zero-order valence-corrected chi connectivity index (χ0v) is 19.2. The number of fused-ring (bicyclic) bond motifs is 1. The fourth-order valence-electron chi connectivity index (χ4n) is 4.40.